The predicted molar refractivity (Wildman–Crippen MR) is 139 cm³/mol. The predicted octanol–water partition coefficient (Wildman–Crippen LogP) is 5.64. The number of alkyl carbamates (subject to hydrolysis) is 1. The molecule has 0 radical (unpaired) electrons. The maximum atomic E-state index is 13.2. The fourth-order valence-corrected chi connectivity index (χ4v) is 3.74. The van der Waals surface area contributed by atoms with E-state index in [9.17, 15) is 14.4 Å². The quantitative estimate of drug-likeness (QED) is 0.207. The lowest BCUT2D eigenvalue weighted by molar-refractivity contribution is -0.137. The third-order valence-electron chi connectivity index (χ3n) is 5.37. The van der Waals surface area contributed by atoms with E-state index in [-0.39, 0.29) is 11.3 Å². The normalized spacial score (nSPS) is 12.0. The Labute approximate surface area is 213 Å². The summed E-state index contributed by atoms with van der Waals surface area (Å²) in [4.78, 5) is 37.9. The molecule has 1 aromatic heterocycles. The van der Waals surface area contributed by atoms with E-state index in [1.807, 2.05) is 12.1 Å². The first-order valence-corrected chi connectivity index (χ1v) is 11.6. The summed E-state index contributed by atoms with van der Waals surface area (Å²) in [6, 6.07) is 21.0. The molecule has 1 heterocycles. The van der Waals surface area contributed by atoms with Crippen LogP contribution in [0.3, 0.4) is 0 Å². The minimum absolute atomic E-state index is 0.152. The molecule has 0 saturated carbocycles. The highest BCUT2D eigenvalue weighted by Crippen LogP contribution is 2.31. The molecule has 0 saturated heterocycles. The number of rotatable bonds is 6. The van der Waals surface area contributed by atoms with Crippen molar-refractivity contribution in [3.05, 3.63) is 94.8 Å². The van der Waals surface area contributed by atoms with E-state index in [4.69, 9.17) is 18.6 Å². The zero-order chi connectivity index (χ0) is 26.6. The van der Waals surface area contributed by atoms with Gasteiger partial charge in [-0.15, -0.1) is 0 Å². The number of amides is 1. The molecule has 0 spiro atoms. The fraction of sp³-hybridized carbons (Fsp3) is 0.207. The molecule has 0 unspecified atom stereocenters. The number of hydrogen-bond acceptors (Lipinski definition) is 7. The summed E-state index contributed by atoms with van der Waals surface area (Å²) in [5.41, 5.74) is 0.949. The van der Waals surface area contributed by atoms with Crippen molar-refractivity contribution < 1.29 is 28.2 Å². The molecule has 8 heteroatoms. The minimum Gasteiger partial charge on any atom is -0.497 e. The van der Waals surface area contributed by atoms with Gasteiger partial charge in [0.15, 0.2) is 6.04 Å². The molecule has 0 aliphatic rings. The lowest BCUT2D eigenvalue weighted by Gasteiger charge is -2.23. The van der Waals surface area contributed by atoms with E-state index in [1.54, 1.807) is 82.5 Å². The molecule has 37 heavy (non-hydrogen) atoms. The van der Waals surface area contributed by atoms with Crippen molar-refractivity contribution in [1.82, 2.24) is 5.32 Å². The Morgan fingerprint density at radius 2 is 1.57 bits per heavy atom. The van der Waals surface area contributed by atoms with Gasteiger partial charge in [-0.05, 0) is 61.7 Å². The highest BCUT2D eigenvalue weighted by Gasteiger charge is 2.27. The van der Waals surface area contributed by atoms with Gasteiger partial charge < -0.3 is 23.9 Å². The fourth-order valence-electron chi connectivity index (χ4n) is 3.74. The van der Waals surface area contributed by atoms with Crippen molar-refractivity contribution in [3.8, 4) is 22.6 Å². The van der Waals surface area contributed by atoms with E-state index >= 15 is 0 Å². The summed E-state index contributed by atoms with van der Waals surface area (Å²) in [6.45, 7) is 5.18. The number of nitrogens with one attached hydrogen (secondary N) is 1. The Morgan fingerprint density at radius 3 is 2.22 bits per heavy atom. The van der Waals surface area contributed by atoms with Crippen molar-refractivity contribution in [2.24, 2.45) is 0 Å². The first-order valence-electron chi connectivity index (χ1n) is 11.6. The van der Waals surface area contributed by atoms with Crippen LogP contribution < -0.4 is 20.4 Å². The van der Waals surface area contributed by atoms with Crippen molar-refractivity contribution in [1.29, 1.82) is 0 Å². The van der Waals surface area contributed by atoms with Crippen LogP contribution in [0.15, 0.2) is 88.1 Å². The van der Waals surface area contributed by atoms with Crippen molar-refractivity contribution in [3.63, 3.8) is 0 Å². The summed E-state index contributed by atoms with van der Waals surface area (Å²) < 4.78 is 21.5. The average molecular weight is 502 g/mol. The molecular weight excluding hydrogens is 474 g/mol. The molecule has 1 amide bonds. The second-order valence-electron chi connectivity index (χ2n) is 9.28. The van der Waals surface area contributed by atoms with Gasteiger partial charge >= 0.3 is 17.7 Å². The standard InChI is InChI=1S/C29H27NO7/c1-29(2,3)37-28(33)30-26(19-8-6-5-7-9-19)27(32)35-21-14-15-22-23(17-25(31)36-24(22)16-21)18-10-12-20(34-4)13-11-18/h5-17,26H,1-4H3,(H,30,33)/t26-/m1/s1. The molecule has 0 bridgehead atoms. The molecule has 4 aromatic rings. The first-order chi connectivity index (χ1) is 17.6. The van der Waals surface area contributed by atoms with Gasteiger partial charge in [0, 0.05) is 17.5 Å². The van der Waals surface area contributed by atoms with Crippen molar-refractivity contribution >= 4 is 23.0 Å². The second-order valence-corrected chi connectivity index (χ2v) is 9.28. The Balaban J connectivity index is 1.63. The minimum atomic E-state index is -1.12. The number of carbonyl (C=O) groups excluding carboxylic acids is 2. The van der Waals surface area contributed by atoms with Gasteiger partial charge in [0.2, 0.25) is 0 Å². The Morgan fingerprint density at radius 1 is 0.892 bits per heavy atom. The van der Waals surface area contributed by atoms with Gasteiger partial charge in [0.1, 0.15) is 22.7 Å². The number of ether oxygens (including phenoxy) is 3. The number of methoxy groups -OCH3 is 1. The molecule has 190 valence electrons. The van der Waals surface area contributed by atoms with Crippen molar-refractivity contribution in [2.45, 2.75) is 32.4 Å². The van der Waals surface area contributed by atoms with Crippen LogP contribution in [-0.2, 0) is 9.53 Å². The summed E-state index contributed by atoms with van der Waals surface area (Å²) in [7, 11) is 1.58. The molecule has 0 aliphatic carbocycles. The van der Waals surface area contributed by atoms with Gasteiger partial charge in [0.25, 0.3) is 0 Å². The van der Waals surface area contributed by atoms with E-state index in [2.05, 4.69) is 5.32 Å². The van der Waals surface area contributed by atoms with E-state index in [0.29, 0.717) is 22.3 Å². The van der Waals surface area contributed by atoms with Gasteiger partial charge in [-0.1, -0.05) is 42.5 Å². The second kappa shape index (κ2) is 10.6. The molecule has 1 N–H and O–H groups in total. The lowest BCUT2D eigenvalue weighted by Crippen LogP contribution is -2.39. The third kappa shape index (κ3) is 6.35. The summed E-state index contributed by atoms with van der Waals surface area (Å²) in [5, 5.41) is 3.24. The SMILES string of the molecule is COc1ccc(-c2cc(=O)oc3cc(OC(=O)[C@H](NC(=O)OC(C)(C)C)c4ccccc4)ccc23)cc1. The highest BCUT2D eigenvalue weighted by molar-refractivity contribution is 5.94. The number of esters is 1. The van der Waals surface area contributed by atoms with E-state index < -0.39 is 29.3 Å². The smallest absolute Gasteiger partial charge is 0.408 e. The van der Waals surface area contributed by atoms with Crippen LogP contribution in [0.25, 0.3) is 22.1 Å². The third-order valence-corrected chi connectivity index (χ3v) is 5.37. The first kappa shape index (κ1) is 25.5. The number of benzene rings is 3. The molecular formula is C29H27NO7. The maximum absolute atomic E-state index is 13.2. The van der Waals surface area contributed by atoms with Crippen LogP contribution in [0.5, 0.6) is 11.5 Å². The summed E-state index contributed by atoms with van der Waals surface area (Å²) >= 11 is 0. The van der Waals surface area contributed by atoms with Gasteiger partial charge in [-0.2, -0.15) is 0 Å². The summed E-state index contributed by atoms with van der Waals surface area (Å²) in [5.74, 6) is 0.114. The monoisotopic (exact) mass is 501 g/mol. The van der Waals surface area contributed by atoms with Crippen LogP contribution >= 0.6 is 0 Å². The van der Waals surface area contributed by atoms with Crippen LogP contribution in [0.2, 0.25) is 0 Å². The van der Waals surface area contributed by atoms with E-state index in [0.717, 1.165) is 5.56 Å². The topological polar surface area (TPSA) is 104 Å². The van der Waals surface area contributed by atoms with Crippen LogP contribution in [0, 0.1) is 0 Å². The molecule has 4 rings (SSSR count). The van der Waals surface area contributed by atoms with Crippen LogP contribution in [0.1, 0.15) is 32.4 Å². The number of carbonyl (C=O) groups is 2. The van der Waals surface area contributed by atoms with Crippen molar-refractivity contribution in [2.75, 3.05) is 7.11 Å². The molecule has 0 fully saturated rings. The maximum Gasteiger partial charge on any atom is 0.408 e. The molecule has 0 aliphatic heterocycles. The van der Waals surface area contributed by atoms with E-state index in [1.165, 1.54) is 12.1 Å². The Bertz CT molecular complexity index is 1470. The largest absolute Gasteiger partial charge is 0.497 e. The molecule has 1 atom stereocenters. The zero-order valence-electron chi connectivity index (χ0n) is 20.9. The molecule has 8 nitrogen and oxygen atoms in total. The van der Waals surface area contributed by atoms with Crippen LogP contribution in [-0.4, -0.2) is 24.8 Å². The Kier molecular flexibility index (Phi) is 7.29. The average Bonchev–Trinajstić information content (AvgIpc) is 2.86. The van der Waals surface area contributed by atoms with Gasteiger partial charge in [-0.25, -0.2) is 14.4 Å². The zero-order valence-corrected chi connectivity index (χ0v) is 20.9. The molecule has 3 aromatic carbocycles. The Hall–Kier alpha value is -4.59. The van der Waals surface area contributed by atoms with Gasteiger partial charge in [-0.3, -0.25) is 0 Å². The number of fused-ring (bicyclic) bond motifs is 1. The number of hydrogen-bond donors (Lipinski definition) is 1. The summed E-state index contributed by atoms with van der Waals surface area (Å²) in [6.07, 6.45) is -0.757. The highest BCUT2D eigenvalue weighted by atomic mass is 16.6. The van der Waals surface area contributed by atoms with Crippen LogP contribution in [0.4, 0.5) is 4.79 Å². The lowest BCUT2D eigenvalue weighted by atomic mass is 10.0. The van der Waals surface area contributed by atoms with Gasteiger partial charge in [0.05, 0.1) is 7.11 Å².